The average Bonchev–Trinajstić information content (AvgIpc) is 2.82. The molecule has 1 aromatic rings. The molecule has 18 heavy (non-hydrogen) atoms. The minimum absolute atomic E-state index is 0.0215. The number of nitrogens with zero attached hydrogens (tertiary/aromatic N) is 1. The third kappa shape index (κ3) is 1.94. The second-order valence-corrected chi connectivity index (χ2v) is 6.20. The third-order valence-corrected chi connectivity index (χ3v) is 4.73. The molecule has 2 fully saturated rings. The SMILES string of the molecule is Cc1ncc(C(=O)NC2C(N)C3CCCOC32)s1. The van der Waals surface area contributed by atoms with Crippen LogP contribution < -0.4 is 11.1 Å². The van der Waals surface area contributed by atoms with Crippen molar-refractivity contribution >= 4 is 17.2 Å². The fourth-order valence-corrected chi connectivity index (χ4v) is 3.50. The van der Waals surface area contributed by atoms with E-state index in [1.54, 1.807) is 6.20 Å². The van der Waals surface area contributed by atoms with E-state index in [0.717, 1.165) is 24.5 Å². The molecule has 2 aliphatic rings. The van der Waals surface area contributed by atoms with E-state index in [2.05, 4.69) is 10.3 Å². The van der Waals surface area contributed by atoms with Gasteiger partial charge >= 0.3 is 0 Å². The summed E-state index contributed by atoms with van der Waals surface area (Å²) in [6.07, 6.45) is 3.90. The molecule has 6 heteroatoms. The van der Waals surface area contributed by atoms with E-state index in [9.17, 15) is 4.79 Å². The van der Waals surface area contributed by atoms with Crippen LogP contribution in [0.25, 0.3) is 0 Å². The maximum atomic E-state index is 12.0. The predicted molar refractivity (Wildman–Crippen MR) is 68.5 cm³/mol. The van der Waals surface area contributed by atoms with Crippen molar-refractivity contribution in [3.8, 4) is 0 Å². The maximum Gasteiger partial charge on any atom is 0.263 e. The Morgan fingerprint density at radius 3 is 3.22 bits per heavy atom. The Morgan fingerprint density at radius 1 is 1.67 bits per heavy atom. The minimum atomic E-state index is -0.0892. The Bertz CT molecular complexity index is 462. The molecule has 2 heterocycles. The zero-order valence-electron chi connectivity index (χ0n) is 10.3. The number of nitrogens with one attached hydrogen (secondary N) is 1. The summed E-state index contributed by atoms with van der Waals surface area (Å²) in [5.41, 5.74) is 6.10. The molecule has 0 bridgehead atoms. The minimum Gasteiger partial charge on any atom is -0.376 e. The van der Waals surface area contributed by atoms with Crippen LogP contribution in [0.1, 0.15) is 27.5 Å². The van der Waals surface area contributed by atoms with Crippen molar-refractivity contribution in [1.29, 1.82) is 0 Å². The molecule has 98 valence electrons. The summed E-state index contributed by atoms with van der Waals surface area (Å²) >= 11 is 1.40. The number of hydrogen-bond acceptors (Lipinski definition) is 5. The van der Waals surface area contributed by atoms with Crippen LogP contribution in [0.2, 0.25) is 0 Å². The smallest absolute Gasteiger partial charge is 0.263 e. The quantitative estimate of drug-likeness (QED) is 0.826. The highest BCUT2D eigenvalue weighted by Gasteiger charge is 2.51. The van der Waals surface area contributed by atoms with Crippen LogP contribution in [0, 0.1) is 12.8 Å². The predicted octanol–water partition coefficient (Wildman–Crippen LogP) is 0.686. The molecular formula is C12H17N3O2S. The lowest BCUT2D eigenvalue weighted by atomic mass is 9.68. The van der Waals surface area contributed by atoms with Crippen molar-refractivity contribution in [3.05, 3.63) is 16.1 Å². The molecular weight excluding hydrogens is 250 g/mol. The number of hydrogen-bond donors (Lipinski definition) is 2. The monoisotopic (exact) mass is 267 g/mol. The Hall–Kier alpha value is -0.980. The van der Waals surface area contributed by atoms with Gasteiger partial charge in [0, 0.05) is 18.6 Å². The first-order valence-electron chi connectivity index (χ1n) is 6.27. The van der Waals surface area contributed by atoms with Gasteiger partial charge < -0.3 is 15.8 Å². The van der Waals surface area contributed by atoms with Gasteiger partial charge in [0.1, 0.15) is 4.88 Å². The Labute approximate surface area is 110 Å². The molecule has 0 aromatic carbocycles. The van der Waals surface area contributed by atoms with Crippen molar-refractivity contribution in [3.63, 3.8) is 0 Å². The molecule has 1 aromatic heterocycles. The summed E-state index contributed by atoms with van der Waals surface area (Å²) in [7, 11) is 0. The molecule has 4 atom stereocenters. The van der Waals surface area contributed by atoms with Crippen molar-refractivity contribution < 1.29 is 9.53 Å². The molecule has 3 rings (SSSR count). The number of aryl methyl sites for hydroxylation is 1. The standard InChI is InChI=1S/C12H17N3O2S/c1-6-14-5-8(18-6)12(16)15-10-9(13)7-3-2-4-17-11(7)10/h5,7,9-11H,2-4,13H2,1H3,(H,15,16). The van der Waals surface area contributed by atoms with E-state index in [-0.39, 0.29) is 24.1 Å². The molecule has 1 saturated heterocycles. The van der Waals surface area contributed by atoms with Gasteiger partial charge in [0.05, 0.1) is 23.4 Å². The Kier molecular flexibility index (Phi) is 3.09. The highest BCUT2D eigenvalue weighted by atomic mass is 32.1. The summed E-state index contributed by atoms with van der Waals surface area (Å²) in [6, 6.07) is -0.0292. The van der Waals surface area contributed by atoms with E-state index in [1.807, 2.05) is 6.92 Å². The molecule has 1 saturated carbocycles. The van der Waals surface area contributed by atoms with E-state index in [0.29, 0.717) is 10.8 Å². The first kappa shape index (κ1) is 12.1. The summed E-state index contributed by atoms with van der Waals surface area (Å²) in [5, 5.41) is 3.87. The zero-order chi connectivity index (χ0) is 12.7. The van der Waals surface area contributed by atoms with Crippen LogP contribution in [0.15, 0.2) is 6.20 Å². The van der Waals surface area contributed by atoms with Crippen molar-refractivity contribution in [2.45, 2.75) is 38.0 Å². The number of aromatic nitrogens is 1. The summed E-state index contributed by atoms with van der Waals surface area (Å²) < 4.78 is 5.69. The van der Waals surface area contributed by atoms with Gasteiger partial charge in [-0.2, -0.15) is 0 Å². The molecule has 0 radical (unpaired) electrons. The van der Waals surface area contributed by atoms with Gasteiger partial charge in [0.15, 0.2) is 0 Å². The van der Waals surface area contributed by atoms with E-state index < -0.39 is 0 Å². The lowest BCUT2D eigenvalue weighted by Gasteiger charge is -2.52. The summed E-state index contributed by atoms with van der Waals surface area (Å²) in [4.78, 5) is 16.8. The van der Waals surface area contributed by atoms with Crippen molar-refractivity contribution in [2.75, 3.05) is 6.61 Å². The molecule has 0 spiro atoms. The Balaban J connectivity index is 1.64. The van der Waals surface area contributed by atoms with E-state index in [1.165, 1.54) is 11.3 Å². The van der Waals surface area contributed by atoms with Crippen LogP contribution in [0.4, 0.5) is 0 Å². The zero-order valence-corrected chi connectivity index (χ0v) is 11.1. The van der Waals surface area contributed by atoms with Gasteiger partial charge in [-0.1, -0.05) is 0 Å². The number of ether oxygens (including phenoxy) is 1. The lowest BCUT2D eigenvalue weighted by molar-refractivity contribution is -0.117. The van der Waals surface area contributed by atoms with Gasteiger partial charge in [0.25, 0.3) is 5.91 Å². The first-order chi connectivity index (χ1) is 8.66. The number of thiazole rings is 1. The summed E-state index contributed by atoms with van der Waals surface area (Å²) in [6.45, 7) is 2.66. The second kappa shape index (κ2) is 4.60. The molecule has 1 amide bonds. The third-order valence-electron chi connectivity index (χ3n) is 3.82. The van der Waals surface area contributed by atoms with Crippen LogP contribution in [0.5, 0.6) is 0 Å². The highest BCUT2D eigenvalue weighted by Crippen LogP contribution is 2.37. The molecule has 4 unspecified atom stereocenters. The molecule has 1 aliphatic carbocycles. The van der Waals surface area contributed by atoms with Crippen LogP contribution >= 0.6 is 11.3 Å². The Morgan fingerprint density at radius 2 is 2.50 bits per heavy atom. The van der Waals surface area contributed by atoms with Gasteiger partial charge in [-0.25, -0.2) is 4.98 Å². The molecule has 5 nitrogen and oxygen atoms in total. The molecule has 3 N–H and O–H groups in total. The van der Waals surface area contributed by atoms with Crippen LogP contribution in [-0.2, 0) is 4.74 Å². The number of rotatable bonds is 2. The largest absolute Gasteiger partial charge is 0.376 e. The topological polar surface area (TPSA) is 77.2 Å². The van der Waals surface area contributed by atoms with Crippen LogP contribution in [0.3, 0.4) is 0 Å². The maximum absolute atomic E-state index is 12.0. The fourth-order valence-electron chi connectivity index (χ4n) is 2.81. The van der Waals surface area contributed by atoms with Crippen LogP contribution in [-0.4, -0.2) is 35.7 Å². The fraction of sp³-hybridized carbons (Fsp3) is 0.667. The van der Waals surface area contributed by atoms with Gasteiger partial charge in [-0.05, 0) is 19.8 Å². The summed E-state index contributed by atoms with van der Waals surface area (Å²) in [5.74, 6) is 0.320. The molecule has 1 aliphatic heterocycles. The number of amides is 1. The number of nitrogens with two attached hydrogens (primary N) is 1. The van der Waals surface area contributed by atoms with E-state index >= 15 is 0 Å². The highest BCUT2D eigenvalue weighted by molar-refractivity contribution is 7.13. The van der Waals surface area contributed by atoms with Gasteiger partial charge in [-0.3, -0.25) is 4.79 Å². The van der Waals surface area contributed by atoms with Gasteiger partial charge in [-0.15, -0.1) is 11.3 Å². The first-order valence-corrected chi connectivity index (χ1v) is 7.09. The second-order valence-electron chi connectivity index (χ2n) is 4.96. The van der Waals surface area contributed by atoms with Gasteiger partial charge in [0.2, 0.25) is 0 Å². The van der Waals surface area contributed by atoms with E-state index in [4.69, 9.17) is 10.5 Å². The number of carbonyl (C=O) groups excluding carboxylic acids is 1. The number of fused-ring (bicyclic) bond motifs is 1. The number of carbonyl (C=O) groups is 1. The normalized spacial score (nSPS) is 34.6. The van der Waals surface area contributed by atoms with Crippen molar-refractivity contribution in [2.24, 2.45) is 11.7 Å². The lowest BCUT2D eigenvalue weighted by Crippen LogP contribution is -2.72. The van der Waals surface area contributed by atoms with Crippen molar-refractivity contribution in [1.82, 2.24) is 10.3 Å². The average molecular weight is 267 g/mol.